The smallest absolute Gasteiger partial charge is 0.369 e. The van der Waals surface area contributed by atoms with Crippen molar-refractivity contribution in [3.8, 4) is 6.07 Å². The van der Waals surface area contributed by atoms with E-state index in [4.69, 9.17) is 5.26 Å². The number of hydrogen-bond acceptors (Lipinski definition) is 5. The molecule has 5 nitrogen and oxygen atoms in total. The second-order valence-electron chi connectivity index (χ2n) is 6.51. The molecular formula is C19H19F3N4OS. The van der Waals surface area contributed by atoms with E-state index >= 15 is 0 Å². The van der Waals surface area contributed by atoms with Crippen LogP contribution in [0, 0.1) is 11.3 Å². The summed E-state index contributed by atoms with van der Waals surface area (Å²) in [6.45, 7) is 3.96. The van der Waals surface area contributed by atoms with Crippen LogP contribution in [0.15, 0.2) is 35.7 Å². The van der Waals surface area contributed by atoms with Crippen LogP contribution >= 0.6 is 11.3 Å². The largest absolute Gasteiger partial charge is 0.416 e. The summed E-state index contributed by atoms with van der Waals surface area (Å²) < 4.78 is 38.7. The first-order chi connectivity index (χ1) is 13.3. The zero-order chi connectivity index (χ0) is 20.3. The number of thiophene rings is 1. The number of alkyl halides is 3. The summed E-state index contributed by atoms with van der Waals surface area (Å²) in [5.74, 6) is -0.202. The maximum absolute atomic E-state index is 12.9. The van der Waals surface area contributed by atoms with Crippen LogP contribution in [0.25, 0.3) is 0 Å². The number of carbonyl (C=O) groups excluding carboxylic acids is 1. The molecule has 0 bridgehead atoms. The van der Waals surface area contributed by atoms with Crippen molar-refractivity contribution in [1.82, 2.24) is 4.90 Å². The average molecular weight is 408 g/mol. The van der Waals surface area contributed by atoms with Crippen LogP contribution < -0.4 is 10.2 Å². The van der Waals surface area contributed by atoms with E-state index in [0.29, 0.717) is 42.4 Å². The molecule has 1 fully saturated rings. The van der Waals surface area contributed by atoms with Gasteiger partial charge in [-0.25, -0.2) is 0 Å². The second-order valence-corrected chi connectivity index (χ2v) is 7.43. The molecule has 1 amide bonds. The number of anilines is 2. The molecule has 0 spiro atoms. The Hall–Kier alpha value is -2.57. The number of nitriles is 1. The third-order valence-corrected chi connectivity index (χ3v) is 5.63. The molecule has 9 heteroatoms. The molecule has 2 heterocycles. The number of halogens is 3. The van der Waals surface area contributed by atoms with E-state index in [1.807, 2.05) is 15.9 Å². The van der Waals surface area contributed by atoms with Crippen molar-refractivity contribution in [2.45, 2.75) is 19.1 Å². The average Bonchev–Trinajstić information content (AvgIpc) is 3.14. The number of carbonyl (C=O) groups is 1. The highest BCUT2D eigenvalue weighted by atomic mass is 32.1. The van der Waals surface area contributed by atoms with Crippen molar-refractivity contribution in [3.05, 3.63) is 46.8 Å². The minimum atomic E-state index is -4.37. The van der Waals surface area contributed by atoms with E-state index in [9.17, 15) is 18.0 Å². The fourth-order valence-corrected chi connectivity index (χ4v) is 3.86. The zero-order valence-corrected chi connectivity index (χ0v) is 16.0. The Kier molecular flexibility index (Phi) is 5.91. The van der Waals surface area contributed by atoms with Gasteiger partial charge < -0.3 is 10.2 Å². The van der Waals surface area contributed by atoms with Crippen molar-refractivity contribution < 1.29 is 18.0 Å². The topological polar surface area (TPSA) is 59.4 Å². The van der Waals surface area contributed by atoms with Crippen molar-refractivity contribution in [1.29, 1.82) is 5.26 Å². The summed E-state index contributed by atoms with van der Waals surface area (Å²) in [6, 6.07) is 8.58. The molecule has 1 aliphatic rings. The third-order valence-electron chi connectivity index (χ3n) is 4.80. The van der Waals surface area contributed by atoms with Crippen molar-refractivity contribution >= 4 is 27.9 Å². The molecule has 1 N–H and O–H groups in total. The van der Waals surface area contributed by atoms with Crippen LogP contribution in [0.5, 0.6) is 0 Å². The molecular weight excluding hydrogens is 389 g/mol. The van der Waals surface area contributed by atoms with E-state index < -0.39 is 17.8 Å². The van der Waals surface area contributed by atoms with Crippen LogP contribution in [0.2, 0.25) is 0 Å². The number of nitrogens with zero attached hydrogens (tertiary/aromatic N) is 3. The van der Waals surface area contributed by atoms with Gasteiger partial charge in [0.15, 0.2) is 0 Å². The van der Waals surface area contributed by atoms with Gasteiger partial charge in [-0.05, 0) is 36.6 Å². The summed E-state index contributed by atoms with van der Waals surface area (Å²) in [7, 11) is 0. The molecule has 0 unspecified atom stereocenters. The lowest BCUT2D eigenvalue weighted by atomic mass is 10.1. The monoisotopic (exact) mass is 408 g/mol. The molecule has 1 aromatic carbocycles. The predicted molar refractivity (Wildman–Crippen MR) is 102 cm³/mol. The van der Waals surface area contributed by atoms with Crippen LogP contribution in [0.4, 0.5) is 23.9 Å². The Morgan fingerprint density at radius 1 is 1.25 bits per heavy atom. The number of benzene rings is 1. The first-order valence-corrected chi connectivity index (χ1v) is 9.62. The number of rotatable bonds is 4. The summed E-state index contributed by atoms with van der Waals surface area (Å²) in [4.78, 5) is 16.4. The van der Waals surface area contributed by atoms with E-state index in [-0.39, 0.29) is 5.91 Å². The zero-order valence-electron chi connectivity index (χ0n) is 15.2. The number of piperazine rings is 1. The minimum Gasteiger partial charge on any atom is -0.369 e. The summed E-state index contributed by atoms with van der Waals surface area (Å²) in [5, 5.41) is 14.1. The van der Waals surface area contributed by atoms with Gasteiger partial charge in [0.1, 0.15) is 11.1 Å². The summed E-state index contributed by atoms with van der Waals surface area (Å²) in [5.41, 5.74) is 0.299. The van der Waals surface area contributed by atoms with Gasteiger partial charge in [-0.1, -0.05) is 6.07 Å². The van der Waals surface area contributed by atoms with Crippen LogP contribution in [-0.4, -0.2) is 43.0 Å². The fraction of sp³-hybridized carbons (Fsp3) is 0.368. The Bertz CT molecular complexity index is 882. The van der Waals surface area contributed by atoms with E-state index in [1.165, 1.54) is 17.4 Å². The first kappa shape index (κ1) is 20.2. The number of hydrogen-bond donors (Lipinski definition) is 1. The highest BCUT2D eigenvalue weighted by Crippen LogP contribution is 2.32. The van der Waals surface area contributed by atoms with Gasteiger partial charge in [-0.3, -0.25) is 9.69 Å². The van der Waals surface area contributed by atoms with E-state index in [2.05, 4.69) is 5.32 Å². The van der Waals surface area contributed by atoms with Crippen molar-refractivity contribution in [3.63, 3.8) is 0 Å². The fourth-order valence-electron chi connectivity index (χ4n) is 3.12. The minimum absolute atomic E-state index is 0.202. The molecule has 0 saturated carbocycles. The summed E-state index contributed by atoms with van der Waals surface area (Å²) in [6.07, 6.45) is -4.37. The molecule has 1 atom stereocenters. The maximum Gasteiger partial charge on any atom is 0.416 e. The standard InChI is InChI=1S/C19H19F3N4OS/c1-13(17(27)24-18-14(12-23)5-10-28-18)25-6-8-26(9-7-25)16-4-2-3-15(11-16)19(20,21)22/h2-5,10-11,13H,6-9H2,1H3,(H,24,27)/t13-/m0/s1. The first-order valence-electron chi connectivity index (χ1n) is 8.74. The third kappa shape index (κ3) is 4.46. The molecule has 3 rings (SSSR count). The summed E-state index contributed by atoms with van der Waals surface area (Å²) >= 11 is 1.29. The van der Waals surface area contributed by atoms with Gasteiger partial charge in [-0.15, -0.1) is 11.3 Å². The van der Waals surface area contributed by atoms with Crippen LogP contribution in [0.3, 0.4) is 0 Å². The molecule has 0 aliphatic carbocycles. The molecule has 1 aliphatic heterocycles. The predicted octanol–water partition coefficient (Wildman–Crippen LogP) is 3.79. The van der Waals surface area contributed by atoms with Gasteiger partial charge in [0, 0.05) is 31.9 Å². The van der Waals surface area contributed by atoms with Crippen LogP contribution in [0.1, 0.15) is 18.1 Å². The van der Waals surface area contributed by atoms with Crippen molar-refractivity contribution in [2.75, 3.05) is 36.4 Å². The van der Waals surface area contributed by atoms with Gasteiger partial charge in [0.2, 0.25) is 5.91 Å². The Labute approximate surface area is 165 Å². The van der Waals surface area contributed by atoms with Gasteiger partial charge in [0.05, 0.1) is 17.2 Å². The molecule has 1 aromatic heterocycles. The number of nitrogens with one attached hydrogen (secondary N) is 1. The SMILES string of the molecule is C[C@@H](C(=O)Nc1sccc1C#N)N1CCN(c2cccc(C(F)(F)F)c2)CC1. The van der Waals surface area contributed by atoms with Gasteiger partial charge in [0.25, 0.3) is 0 Å². The van der Waals surface area contributed by atoms with Crippen molar-refractivity contribution in [2.24, 2.45) is 0 Å². The Balaban J connectivity index is 1.59. The lowest BCUT2D eigenvalue weighted by molar-refractivity contribution is -0.137. The van der Waals surface area contributed by atoms with Gasteiger partial charge in [-0.2, -0.15) is 18.4 Å². The van der Waals surface area contributed by atoms with Crippen LogP contribution in [-0.2, 0) is 11.0 Å². The highest BCUT2D eigenvalue weighted by Gasteiger charge is 2.31. The quantitative estimate of drug-likeness (QED) is 0.836. The molecule has 0 radical (unpaired) electrons. The molecule has 2 aromatic rings. The molecule has 1 saturated heterocycles. The lowest BCUT2D eigenvalue weighted by Gasteiger charge is -2.38. The Morgan fingerprint density at radius 2 is 1.96 bits per heavy atom. The van der Waals surface area contributed by atoms with Gasteiger partial charge >= 0.3 is 6.18 Å². The van der Waals surface area contributed by atoms with E-state index in [1.54, 1.807) is 24.4 Å². The lowest BCUT2D eigenvalue weighted by Crippen LogP contribution is -2.52. The second kappa shape index (κ2) is 8.20. The maximum atomic E-state index is 12.9. The number of amides is 1. The highest BCUT2D eigenvalue weighted by molar-refractivity contribution is 7.14. The molecule has 28 heavy (non-hydrogen) atoms. The van der Waals surface area contributed by atoms with E-state index in [0.717, 1.165) is 12.1 Å². The Morgan fingerprint density at radius 3 is 2.61 bits per heavy atom. The normalized spacial score (nSPS) is 16.5. The molecule has 148 valence electrons.